The third-order valence-corrected chi connectivity index (χ3v) is 1.33. The molecule has 0 heterocycles. The van der Waals surface area contributed by atoms with Crippen LogP contribution in [0.4, 0.5) is 17.3 Å². The maximum absolute atomic E-state index is 9.75. The van der Waals surface area contributed by atoms with Crippen LogP contribution in [0.2, 0.25) is 0 Å². The Labute approximate surface area is 117 Å². The van der Waals surface area contributed by atoms with Crippen LogP contribution in [0.5, 0.6) is 0 Å². The Morgan fingerprint density at radius 1 is 0.765 bits per heavy atom. The van der Waals surface area contributed by atoms with Crippen LogP contribution in [0, 0.1) is 46.0 Å². The van der Waals surface area contributed by atoms with E-state index < -0.39 is 7.25 Å². The average molecular weight is 431 g/mol. The minimum absolute atomic E-state index is 0. The molecule has 103 valence electrons. The van der Waals surface area contributed by atoms with Crippen LogP contribution in [0.3, 0.4) is 0 Å². The average Bonchev–Trinajstić information content (AvgIpc) is 1.99. The standard InChI is InChI=1S/C8H12.C3H5.BF4.Pt/c1-2-4-6-8-7-5-3-1;1-3-2;2-1(3,4)5;/h1-2,7-8H,3-6H2;3H,1-2H2;;/q;;-1;. The van der Waals surface area contributed by atoms with Gasteiger partial charge in [-0.1, -0.05) is 0 Å². The van der Waals surface area contributed by atoms with Gasteiger partial charge in [0.05, 0.1) is 0 Å². The summed E-state index contributed by atoms with van der Waals surface area (Å²) < 4.78 is 39.0. The van der Waals surface area contributed by atoms with Gasteiger partial charge in [-0.2, -0.15) is 0 Å². The van der Waals surface area contributed by atoms with Crippen molar-refractivity contribution >= 4 is 7.25 Å². The molecule has 0 amide bonds. The van der Waals surface area contributed by atoms with Crippen LogP contribution in [-0.4, -0.2) is 7.25 Å². The molecule has 0 saturated heterocycles. The number of hydrogen-bond acceptors (Lipinski definition) is 0. The summed E-state index contributed by atoms with van der Waals surface area (Å²) in [7, 11) is -6.00. The fraction of sp³-hybridized carbons (Fsp3) is 0.364. The van der Waals surface area contributed by atoms with Crippen molar-refractivity contribution in [2.24, 2.45) is 0 Å². The molecule has 1 aliphatic carbocycles. The molecule has 1 saturated carbocycles. The SMILES string of the molecule is F[B-](F)(F)F.[CH2][CH][CH2].[CH]1[CH]CC[CH][CH]CC1.[Pt]. The molecular formula is C11H17BF4Pt-. The largest absolute Gasteiger partial charge is 0.673 e. The number of hydrogen-bond donors (Lipinski definition) is 0. The van der Waals surface area contributed by atoms with E-state index in [1.807, 2.05) is 0 Å². The van der Waals surface area contributed by atoms with E-state index in [1.54, 1.807) is 0 Å². The molecule has 1 rings (SSSR count). The Kier molecular flexibility index (Phi) is 21.9. The molecule has 0 spiro atoms. The molecule has 0 bridgehead atoms. The molecule has 0 atom stereocenters. The molecule has 0 aliphatic heterocycles. The van der Waals surface area contributed by atoms with Gasteiger partial charge >= 0.3 is 7.25 Å². The fourth-order valence-corrected chi connectivity index (χ4v) is 0.856. The molecule has 17 heavy (non-hydrogen) atoms. The van der Waals surface area contributed by atoms with E-state index in [0.29, 0.717) is 0 Å². The predicted molar refractivity (Wildman–Crippen MR) is 60.9 cm³/mol. The van der Waals surface area contributed by atoms with E-state index >= 15 is 0 Å². The normalized spacial score (nSPS) is 15.9. The van der Waals surface area contributed by atoms with Gasteiger partial charge in [0, 0.05) is 21.1 Å². The first-order valence-electron chi connectivity index (χ1n) is 4.99. The monoisotopic (exact) mass is 431 g/mol. The molecule has 0 unspecified atom stereocenters. The first-order valence-corrected chi connectivity index (χ1v) is 4.99. The molecule has 6 heteroatoms. The molecule has 0 N–H and O–H groups in total. The van der Waals surface area contributed by atoms with Crippen molar-refractivity contribution in [2.75, 3.05) is 0 Å². The molecular weight excluding hydrogens is 414 g/mol. The van der Waals surface area contributed by atoms with Crippen molar-refractivity contribution in [3.63, 3.8) is 0 Å². The Bertz CT molecular complexity index is 101. The van der Waals surface area contributed by atoms with E-state index in [-0.39, 0.29) is 21.1 Å². The molecule has 0 aromatic heterocycles. The molecule has 1 aliphatic rings. The van der Waals surface area contributed by atoms with E-state index in [9.17, 15) is 17.3 Å². The van der Waals surface area contributed by atoms with E-state index in [1.165, 1.54) is 32.1 Å². The number of halogens is 4. The zero-order chi connectivity index (χ0) is 12.9. The second kappa shape index (κ2) is 16.5. The molecule has 0 aromatic rings. The first-order chi connectivity index (χ1) is 7.41. The van der Waals surface area contributed by atoms with E-state index in [0.717, 1.165) is 0 Å². The maximum Gasteiger partial charge on any atom is 0.673 e. The topological polar surface area (TPSA) is 0 Å². The van der Waals surface area contributed by atoms with Gasteiger partial charge in [0.2, 0.25) is 0 Å². The van der Waals surface area contributed by atoms with Crippen molar-refractivity contribution in [3.8, 4) is 0 Å². The van der Waals surface area contributed by atoms with Crippen molar-refractivity contribution in [1.29, 1.82) is 0 Å². The molecule has 0 aromatic carbocycles. The van der Waals surface area contributed by atoms with Gasteiger partial charge < -0.3 is 17.3 Å². The van der Waals surface area contributed by atoms with Gasteiger partial charge in [-0.15, -0.1) is 0 Å². The summed E-state index contributed by atoms with van der Waals surface area (Å²) >= 11 is 0. The van der Waals surface area contributed by atoms with Gasteiger partial charge in [0.1, 0.15) is 0 Å². The van der Waals surface area contributed by atoms with Crippen LogP contribution in [-0.2, 0) is 21.1 Å². The summed E-state index contributed by atoms with van der Waals surface area (Å²) in [5.41, 5.74) is 0. The summed E-state index contributed by atoms with van der Waals surface area (Å²) in [6, 6.07) is 0. The smallest absolute Gasteiger partial charge is 0.418 e. The minimum atomic E-state index is -6.00. The van der Waals surface area contributed by atoms with Crippen LogP contribution < -0.4 is 0 Å². The summed E-state index contributed by atoms with van der Waals surface area (Å²) in [6.07, 6.45) is 15.5. The van der Waals surface area contributed by atoms with E-state index in [2.05, 4.69) is 39.5 Å². The summed E-state index contributed by atoms with van der Waals surface area (Å²) in [6.45, 7) is 6.50. The Balaban J connectivity index is -0.000000191. The van der Waals surface area contributed by atoms with Gasteiger partial charge in [-0.25, -0.2) is 0 Å². The van der Waals surface area contributed by atoms with Crippen LogP contribution >= 0.6 is 0 Å². The van der Waals surface area contributed by atoms with Crippen molar-refractivity contribution < 1.29 is 38.3 Å². The summed E-state index contributed by atoms with van der Waals surface area (Å²) in [5.74, 6) is 0. The molecule has 0 nitrogen and oxygen atoms in total. The Morgan fingerprint density at radius 2 is 0.882 bits per heavy atom. The van der Waals surface area contributed by atoms with Gasteiger partial charge in [0.15, 0.2) is 0 Å². The quantitative estimate of drug-likeness (QED) is 0.391. The van der Waals surface area contributed by atoms with Crippen LogP contribution in [0.15, 0.2) is 0 Å². The Morgan fingerprint density at radius 3 is 1.00 bits per heavy atom. The Hall–Kier alpha value is 0.473. The second-order valence-electron chi connectivity index (χ2n) is 2.88. The van der Waals surface area contributed by atoms with E-state index in [4.69, 9.17) is 0 Å². The zero-order valence-corrected chi connectivity index (χ0v) is 11.8. The number of rotatable bonds is 0. The third kappa shape index (κ3) is 48.1. The molecule has 7 radical (unpaired) electrons. The zero-order valence-electron chi connectivity index (χ0n) is 9.53. The summed E-state index contributed by atoms with van der Waals surface area (Å²) in [4.78, 5) is 0. The summed E-state index contributed by atoms with van der Waals surface area (Å²) in [5, 5.41) is 0. The van der Waals surface area contributed by atoms with Crippen molar-refractivity contribution in [3.05, 3.63) is 46.0 Å². The van der Waals surface area contributed by atoms with Crippen molar-refractivity contribution in [2.45, 2.75) is 25.7 Å². The fourth-order valence-electron chi connectivity index (χ4n) is 0.856. The van der Waals surface area contributed by atoms with Crippen LogP contribution in [0.1, 0.15) is 25.7 Å². The van der Waals surface area contributed by atoms with Crippen molar-refractivity contribution in [1.82, 2.24) is 0 Å². The predicted octanol–water partition coefficient (Wildman–Crippen LogP) is 4.53. The first kappa shape index (κ1) is 22.6. The van der Waals surface area contributed by atoms with Crippen LogP contribution in [0.25, 0.3) is 0 Å². The molecule has 1 fully saturated rings. The second-order valence-corrected chi connectivity index (χ2v) is 2.88. The maximum atomic E-state index is 9.75. The minimum Gasteiger partial charge on any atom is -0.418 e. The van der Waals surface area contributed by atoms with Gasteiger partial charge in [0.25, 0.3) is 0 Å². The van der Waals surface area contributed by atoms with Gasteiger partial charge in [-0.05, 0) is 71.6 Å². The van der Waals surface area contributed by atoms with Gasteiger partial charge in [-0.3, -0.25) is 0 Å². The third-order valence-electron chi connectivity index (χ3n) is 1.33.